The van der Waals surface area contributed by atoms with Gasteiger partial charge in [-0.05, 0) is 48.7 Å². The topological polar surface area (TPSA) is 67.2 Å². The average Bonchev–Trinajstić information content (AvgIpc) is 3.41. The second-order valence-corrected chi connectivity index (χ2v) is 7.37. The van der Waals surface area contributed by atoms with Crippen LogP contribution in [0.3, 0.4) is 0 Å². The molecule has 29 heavy (non-hydrogen) atoms. The van der Waals surface area contributed by atoms with Crippen LogP contribution in [0.1, 0.15) is 47.3 Å². The maximum Gasteiger partial charge on any atom is 0.251 e. The molecule has 1 unspecified atom stereocenters. The summed E-state index contributed by atoms with van der Waals surface area (Å²) in [6, 6.07) is 15.4. The molecule has 1 aromatic heterocycles. The van der Waals surface area contributed by atoms with Gasteiger partial charge in [0.15, 0.2) is 0 Å². The Labute approximate surface area is 170 Å². The zero-order valence-corrected chi connectivity index (χ0v) is 16.4. The van der Waals surface area contributed by atoms with Crippen molar-refractivity contribution in [3.8, 4) is 5.69 Å². The quantitative estimate of drug-likeness (QED) is 0.703. The summed E-state index contributed by atoms with van der Waals surface area (Å²) in [5.74, 6) is 0.0969. The van der Waals surface area contributed by atoms with Crippen molar-refractivity contribution in [2.24, 2.45) is 0 Å². The van der Waals surface area contributed by atoms with Gasteiger partial charge >= 0.3 is 0 Å². The van der Waals surface area contributed by atoms with Crippen LogP contribution in [0.4, 0.5) is 0 Å². The molecule has 6 nitrogen and oxygen atoms in total. The Bertz CT molecular complexity index is 979. The number of rotatable bonds is 6. The summed E-state index contributed by atoms with van der Waals surface area (Å²) in [5, 5.41) is 3.04. The van der Waals surface area contributed by atoms with E-state index in [9.17, 15) is 9.59 Å². The molecule has 1 atom stereocenters. The number of carbonyl (C=O) groups is 2. The van der Waals surface area contributed by atoms with Crippen LogP contribution in [0.25, 0.3) is 5.69 Å². The van der Waals surface area contributed by atoms with Crippen LogP contribution >= 0.6 is 0 Å². The highest BCUT2D eigenvalue weighted by atomic mass is 16.2. The zero-order chi connectivity index (χ0) is 20.2. The molecule has 2 amide bonds. The minimum atomic E-state index is -0.111. The van der Waals surface area contributed by atoms with Crippen molar-refractivity contribution >= 4 is 11.8 Å². The molecule has 2 aromatic carbocycles. The fraction of sp³-hybridized carbons (Fsp3) is 0.261. The molecule has 0 aliphatic carbocycles. The SMILES string of the molecule is CC(NC(=O)c1ccc(CN2CCCC2=O)cc1)c1ccc(-n2ccnc2)cc1. The molecule has 1 aliphatic rings. The van der Waals surface area contributed by atoms with Crippen molar-refractivity contribution in [2.45, 2.75) is 32.4 Å². The average molecular weight is 388 g/mol. The van der Waals surface area contributed by atoms with Crippen LogP contribution in [0.2, 0.25) is 0 Å². The lowest BCUT2D eigenvalue weighted by molar-refractivity contribution is -0.128. The van der Waals surface area contributed by atoms with Crippen LogP contribution in [0.15, 0.2) is 67.3 Å². The van der Waals surface area contributed by atoms with Crippen molar-refractivity contribution < 1.29 is 9.59 Å². The lowest BCUT2D eigenvalue weighted by Crippen LogP contribution is -2.27. The normalized spacial score (nSPS) is 14.8. The first-order valence-electron chi connectivity index (χ1n) is 9.86. The van der Waals surface area contributed by atoms with Crippen LogP contribution < -0.4 is 5.32 Å². The van der Waals surface area contributed by atoms with Gasteiger partial charge in [-0.15, -0.1) is 0 Å². The molecule has 6 heteroatoms. The third kappa shape index (κ3) is 4.37. The van der Waals surface area contributed by atoms with Gasteiger partial charge in [-0.3, -0.25) is 9.59 Å². The van der Waals surface area contributed by atoms with Crippen molar-refractivity contribution in [1.82, 2.24) is 19.8 Å². The Morgan fingerprint density at radius 2 is 1.90 bits per heavy atom. The van der Waals surface area contributed by atoms with Crippen molar-refractivity contribution in [1.29, 1.82) is 0 Å². The fourth-order valence-electron chi connectivity index (χ4n) is 3.56. The number of imidazole rings is 1. The van der Waals surface area contributed by atoms with Gasteiger partial charge < -0.3 is 14.8 Å². The van der Waals surface area contributed by atoms with Gasteiger partial charge in [-0.25, -0.2) is 4.98 Å². The van der Waals surface area contributed by atoms with Crippen LogP contribution in [0.5, 0.6) is 0 Å². The molecular formula is C23H24N4O2. The number of likely N-dealkylation sites (tertiary alicyclic amines) is 1. The van der Waals surface area contributed by atoms with E-state index >= 15 is 0 Å². The van der Waals surface area contributed by atoms with E-state index < -0.39 is 0 Å². The number of hydrogen-bond acceptors (Lipinski definition) is 3. The van der Waals surface area contributed by atoms with Crippen molar-refractivity contribution in [2.75, 3.05) is 6.54 Å². The van der Waals surface area contributed by atoms with Crippen LogP contribution in [0, 0.1) is 0 Å². The second-order valence-electron chi connectivity index (χ2n) is 7.37. The van der Waals surface area contributed by atoms with Gasteiger partial charge in [0.25, 0.3) is 5.91 Å². The largest absolute Gasteiger partial charge is 0.346 e. The Balaban J connectivity index is 1.36. The summed E-state index contributed by atoms with van der Waals surface area (Å²) in [6.07, 6.45) is 6.96. The Morgan fingerprint density at radius 3 is 2.52 bits per heavy atom. The highest BCUT2D eigenvalue weighted by Crippen LogP contribution is 2.18. The van der Waals surface area contributed by atoms with E-state index in [0.29, 0.717) is 18.5 Å². The standard InChI is InChI=1S/C23H24N4O2/c1-17(19-8-10-21(11-9-19)27-14-12-24-16-27)25-23(29)20-6-4-18(5-7-20)15-26-13-2-3-22(26)28/h4-12,14,16-17H,2-3,13,15H2,1H3,(H,25,29). The zero-order valence-electron chi connectivity index (χ0n) is 16.4. The number of nitrogens with zero attached hydrogens (tertiary/aromatic N) is 3. The second kappa shape index (κ2) is 8.31. The number of carbonyl (C=O) groups excluding carboxylic acids is 2. The van der Waals surface area contributed by atoms with E-state index in [4.69, 9.17) is 0 Å². The van der Waals surface area contributed by atoms with E-state index in [2.05, 4.69) is 10.3 Å². The summed E-state index contributed by atoms with van der Waals surface area (Å²) >= 11 is 0. The van der Waals surface area contributed by atoms with Crippen LogP contribution in [-0.2, 0) is 11.3 Å². The minimum absolute atomic E-state index is 0.110. The predicted molar refractivity (Wildman–Crippen MR) is 111 cm³/mol. The molecule has 2 heterocycles. The molecule has 1 aliphatic heterocycles. The molecule has 0 radical (unpaired) electrons. The molecular weight excluding hydrogens is 364 g/mol. The number of amides is 2. The third-order valence-electron chi connectivity index (χ3n) is 5.30. The van der Waals surface area contributed by atoms with E-state index in [1.54, 1.807) is 12.5 Å². The Kier molecular flexibility index (Phi) is 5.42. The smallest absolute Gasteiger partial charge is 0.251 e. The number of benzene rings is 2. The number of nitrogens with one attached hydrogen (secondary N) is 1. The van der Waals surface area contributed by atoms with Gasteiger partial charge in [-0.2, -0.15) is 0 Å². The van der Waals surface area contributed by atoms with E-state index in [0.717, 1.165) is 29.8 Å². The number of aromatic nitrogens is 2. The van der Waals surface area contributed by atoms with Gasteiger partial charge in [0.1, 0.15) is 0 Å². The van der Waals surface area contributed by atoms with E-state index in [-0.39, 0.29) is 17.9 Å². The lowest BCUT2D eigenvalue weighted by Gasteiger charge is -2.17. The predicted octanol–water partition coefficient (Wildman–Crippen LogP) is 3.49. The van der Waals surface area contributed by atoms with Crippen molar-refractivity contribution in [3.05, 3.63) is 83.9 Å². The third-order valence-corrected chi connectivity index (χ3v) is 5.30. The molecule has 1 fully saturated rings. The molecule has 3 aromatic rings. The first kappa shape index (κ1) is 18.9. The summed E-state index contributed by atoms with van der Waals surface area (Å²) in [6.45, 7) is 3.40. The summed E-state index contributed by atoms with van der Waals surface area (Å²) in [4.78, 5) is 30.3. The van der Waals surface area contributed by atoms with Gasteiger partial charge in [0.05, 0.1) is 12.4 Å². The Hall–Kier alpha value is -3.41. The van der Waals surface area contributed by atoms with E-state index in [1.165, 1.54) is 0 Å². The monoisotopic (exact) mass is 388 g/mol. The molecule has 0 spiro atoms. The maximum absolute atomic E-state index is 12.6. The molecule has 0 saturated carbocycles. The van der Waals surface area contributed by atoms with Crippen molar-refractivity contribution in [3.63, 3.8) is 0 Å². The Morgan fingerprint density at radius 1 is 1.14 bits per heavy atom. The van der Waals surface area contributed by atoms with Crippen LogP contribution in [-0.4, -0.2) is 32.8 Å². The fourth-order valence-corrected chi connectivity index (χ4v) is 3.56. The van der Waals surface area contributed by atoms with Gasteiger partial charge in [-0.1, -0.05) is 24.3 Å². The van der Waals surface area contributed by atoms with Gasteiger partial charge in [0, 0.05) is 43.2 Å². The minimum Gasteiger partial charge on any atom is -0.346 e. The molecule has 1 N–H and O–H groups in total. The van der Waals surface area contributed by atoms with E-state index in [1.807, 2.05) is 71.1 Å². The first-order chi connectivity index (χ1) is 14.1. The molecule has 1 saturated heterocycles. The molecule has 0 bridgehead atoms. The molecule has 148 valence electrons. The highest BCUT2D eigenvalue weighted by Gasteiger charge is 2.20. The summed E-state index contributed by atoms with van der Waals surface area (Å²) in [5.41, 5.74) is 3.71. The molecule has 4 rings (SSSR count). The number of hydrogen-bond donors (Lipinski definition) is 1. The van der Waals surface area contributed by atoms with Gasteiger partial charge in [0.2, 0.25) is 5.91 Å². The summed E-state index contributed by atoms with van der Waals surface area (Å²) < 4.78 is 1.93. The first-order valence-corrected chi connectivity index (χ1v) is 9.86. The lowest BCUT2D eigenvalue weighted by atomic mass is 10.1. The summed E-state index contributed by atoms with van der Waals surface area (Å²) in [7, 11) is 0. The maximum atomic E-state index is 12.6. The highest BCUT2D eigenvalue weighted by molar-refractivity contribution is 5.94.